The molecule has 3 rings (SSSR count). The lowest BCUT2D eigenvalue weighted by Gasteiger charge is -2.26. The zero-order chi connectivity index (χ0) is 25.3. The van der Waals surface area contributed by atoms with Crippen molar-refractivity contribution in [2.24, 2.45) is 7.05 Å². The number of nitrogens with zero attached hydrogens (tertiary/aromatic N) is 3. The van der Waals surface area contributed by atoms with E-state index in [1.54, 1.807) is 25.0 Å². The van der Waals surface area contributed by atoms with Crippen LogP contribution in [0.25, 0.3) is 0 Å². The van der Waals surface area contributed by atoms with Gasteiger partial charge in [0.05, 0.1) is 24.5 Å². The summed E-state index contributed by atoms with van der Waals surface area (Å²) in [5.74, 6) is -0.929. The van der Waals surface area contributed by atoms with Gasteiger partial charge in [0, 0.05) is 27.0 Å². The predicted octanol–water partition coefficient (Wildman–Crippen LogP) is 3.67. The molecule has 1 fully saturated rings. The molecule has 0 radical (unpaired) electrons. The maximum absolute atomic E-state index is 12.9. The molecule has 1 saturated heterocycles. The summed E-state index contributed by atoms with van der Waals surface area (Å²) in [6, 6.07) is 2.44. The standard InChI is InChI=1S/C12H23NO4.C10H8BrFN4O/c1-12(2,3)17-11(14)13-9-6-5-7-16-8-10(9)15-4;1-16-5-6(4-13-16)14-10(17)8-3-2-7(12)9(11)15-8/h9-10H,5-8H2,1-4H3,(H,13,14);2-5H,1H3,(H,14,17). The Balaban J connectivity index is 0.000000240. The number of aryl methyl sites for hydroxylation is 1. The van der Waals surface area contributed by atoms with Gasteiger partial charge in [0.25, 0.3) is 5.91 Å². The van der Waals surface area contributed by atoms with E-state index in [0.717, 1.165) is 12.8 Å². The molecular formula is C22H31BrFN5O5. The van der Waals surface area contributed by atoms with Crippen molar-refractivity contribution in [3.8, 4) is 0 Å². The average molecular weight is 544 g/mol. The summed E-state index contributed by atoms with van der Waals surface area (Å²) in [5, 5.41) is 9.36. The molecule has 2 unspecified atom stereocenters. The Hall–Kier alpha value is -2.57. The summed E-state index contributed by atoms with van der Waals surface area (Å²) >= 11 is 2.92. The van der Waals surface area contributed by atoms with E-state index in [2.05, 4.69) is 36.6 Å². The highest BCUT2D eigenvalue weighted by atomic mass is 79.9. The van der Waals surface area contributed by atoms with E-state index >= 15 is 0 Å². The number of methoxy groups -OCH3 is 1. The minimum atomic E-state index is -0.511. The van der Waals surface area contributed by atoms with Crippen LogP contribution in [0.3, 0.4) is 0 Å². The van der Waals surface area contributed by atoms with Gasteiger partial charge in [-0.05, 0) is 61.7 Å². The first kappa shape index (κ1) is 27.7. The zero-order valence-electron chi connectivity index (χ0n) is 19.9. The predicted molar refractivity (Wildman–Crippen MR) is 127 cm³/mol. The van der Waals surface area contributed by atoms with E-state index in [4.69, 9.17) is 14.2 Å². The third kappa shape index (κ3) is 9.35. The van der Waals surface area contributed by atoms with E-state index in [0.29, 0.717) is 18.9 Å². The third-order valence-electron chi connectivity index (χ3n) is 4.54. The normalized spacial score (nSPS) is 18.2. The molecule has 1 aliphatic heterocycles. The molecule has 2 aromatic heterocycles. The van der Waals surface area contributed by atoms with Gasteiger partial charge in [-0.2, -0.15) is 5.10 Å². The fourth-order valence-electron chi connectivity index (χ4n) is 2.99. The molecule has 0 saturated carbocycles. The van der Waals surface area contributed by atoms with Gasteiger partial charge in [-0.25, -0.2) is 14.2 Å². The maximum Gasteiger partial charge on any atom is 0.407 e. The Kier molecular flexibility index (Phi) is 10.4. The van der Waals surface area contributed by atoms with E-state index < -0.39 is 23.4 Å². The lowest BCUT2D eigenvalue weighted by atomic mass is 10.1. The zero-order valence-corrected chi connectivity index (χ0v) is 21.5. The quantitative estimate of drug-likeness (QED) is 0.565. The second-order valence-electron chi connectivity index (χ2n) is 8.57. The number of anilines is 1. The van der Waals surface area contributed by atoms with Crippen LogP contribution in [0.1, 0.15) is 44.1 Å². The van der Waals surface area contributed by atoms with Crippen LogP contribution in [0, 0.1) is 5.82 Å². The highest BCUT2D eigenvalue weighted by molar-refractivity contribution is 9.10. The number of carbonyl (C=O) groups is 2. The van der Waals surface area contributed by atoms with Crippen molar-refractivity contribution < 1.29 is 28.2 Å². The van der Waals surface area contributed by atoms with Gasteiger partial charge in [0.1, 0.15) is 22.0 Å². The summed E-state index contributed by atoms with van der Waals surface area (Å²) in [4.78, 5) is 27.2. The Morgan fingerprint density at radius 3 is 2.65 bits per heavy atom. The van der Waals surface area contributed by atoms with Crippen molar-refractivity contribution in [3.05, 3.63) is 40.6 Å². The molecule has 10 nitrogen and oxygen atoms in total. The number of ether oxygens (including phenoxy) is 3. The fourth-order valence-corrected chi connectivity index (χ4v) is 3.31. The Morgan fingerprint density at radius 1 is 1.32 bits per heavy atom. The van der Waals surface area contributed by atoms with Gasteiger partial charge in [0.15, 0.2) is 5.82 Å². The van der Waals surface area contributed by atoms with Crippen molar-refractivity contribution >= 4 is 33.6 Å². The first-order chi connectivity index (χ1) is 16.0. The Morgan fingerprint density at radius 2 is 2.06 bits per heavy atom. The van der Waals surface area contributed by atoms with Crippen LogP contribution in [-0.2, 0) is 21.3 Å². The minimum absolute atomic E-state index is 0.0105. The number of amides is 2. The summed E-state index contributed by atoms with van der Waals surface area (Å²) in [7, 11) is 3.37. The van der Waals surface area contributed by atoms with Crippen LogP contribution in [0.15, 0.2) is 29.1 Å². The first-order valence-electron chi connectivity index (χ1n) is 10.7. The molecule has 2 amide bonds. The van der Waals surface area contributed by atoms with Crippen molar-refractivity contribution in [2.45, 2.75) is 51.4 Å². The molecule has 3 heterocycles. The van der Waals surface area contributed by atoms with Crippen LogP contribution >= 0.6 is 15.9 Å². The molecule has 0 spiro atoms. The topological polar surface area (TPSA) is 117 Å². The van der Waals surface area contributed by atoms with Gasteiger partial charge >= 0.3 is 6.09 Å². The molecule has 34 heavy (non-hydrogen) atoms. The highest BCUT2D eigenvalue weighted by Gasteiger charge is 2.27. The second-order valence-corrected chi connectivity index (χ2v) is 9.32. The van der Waals surface area contributed by atoms with E-state index in [9.17, 15) is 14.0 Å². The summed E-state index contributed by atoms with van der Waals surface area (Å²) < 4.78 is 30.4. The van der Waals surface area contributed by atoms with Crippen molar-refractivity contribution in [3.63, 3.8) is 0 Å². The number of rotatable bonds is 4. The number of hydrogen-bond donors (Lipinski definition) is 2. The SMILES string of the molecule is COC1COCCCC1NC(=O)OC(C)(C)C.Cn1cc(NC(=O)c2ccc(F)c(Br)n2)cn1. The lowest BCUT2D eigenvalue weighted by Crippen LogP contribution is -2.46. The number of aromatic nitrogens is 3. The maximum atomic E-state index is 12.9. The van der Waals surface area contributed by atoms with Crippen LogP contribution in [-0.4, -0.2) is 64.8 Å². The number of carbonyl (C=O) groups excluding carboxylic acids is 2. The molecule has 2 N–H and O–H groups in total. The largest absolute Gasteiger partial charge is 0.444 e. The van der Waals surface area contributed by atoms with E-state index in [1.807, 2.05) is 20.8 Å². The monoisotopic (exact) mass is 543 g/mol. The van der Waals surface area contributed by atoms with Crippen molar-refractivity contribution in [1.29, 1.82) is 0 Å². The number of halogens is 2. The molecule has 2 atom stereocenters. The smallest absolute Gasteiger partial charge is 0.407 e. The van der Waals surface area contributed by atoms with Crippen molar-refractivity contribution in [1.82, 2.24) is 20.1 Å². The van der Waals surface area contributed by atoms with Crippen LogP contribution in [0.2, 0.25) is 0 Å². The highest BCUT2D eigenvalue weighted by Crippen LogP contribution is 2.15. The van der Waals surface area contributed by atoms with Crippen molar-refractivity contribution in [2.75, 3.05) is 25.6 Å². The molecule has 0 aromatic carbocycles. The number of pyridine rings is 1. The molecular weight excluding hydrogens is 513 g/mol. The molecule has 188 valence electrons. The van der Waals surface area contributed by atoms with Gasteiger partial charge in [-0.1, -0.05) is 0 Å². The Labute approximate surface area is 206 Å². The van der Waals surface area contributed by atoms with Gasteiger partial charge < -0.3 is 24.8 Å². The summed E-state index contributed by atoms with van der Waals surface area (Å²) in [6.45, 7) is 6.76. The number of hydrogen-bond acceptors (Lipinski definition) is 7. The fraction of sp³-hybridized carbons (Fsp3) is 0.545. The first-order valence-corrected chi connectivity index (χ1v) is 11.5. The molecule has 0 aliphatic carbocycles. The summed E-state index contributed by atoms with van der Waals surface area (Å²) in [6.07, 6.45) is 4.42. The van der Waals surface area contributed by atoms with E-state index in [-0.39, 0.29) is 22.4 Å². The lowest BCUT2D eigenvalue weighted by molar-refractivity contribution is 0.000242. The van der Waals surface area contributed by atoms with Crippen LogP contribution in [0.5, 0.6) is 0 Å². The summed E-state index contributed by atoms with van der Waals surface area (Å²) in [5.41, 5.74) is 0.204. The van der Waals surface area contributed by atoms with Gasteiger partial charge in [-0.3, -0.25) is 9.48 Å². The van der Waals surface area contributed by atoms with Crippen LogP contribution < -0.4 is 10.6 Å². The molecule has 0 bridgehead atoms. The number of alkyl carbamates (subject to hydrolysis) is 1. The number of nitrogens with one attached hydrogen (secondary N) is 2. The second kappa shape index (κ2) is 12.8. The average Bonchev–Trinajstić information content (AvgIpc) is 3.02. The molecule has 2 aromatic rings. The van der Waals surface area contributed by atoms with Gasteiger partial charge in [0.2, 0.25) is 0 Å². The van der Waals surface area contributed by atoms with Crippen LogP contribution in [0.4, 0.5) is 14.9 Å². The Bertz CT molecular complexity index is 965. The minimum Gasteiger partial charge on any atom is -0.444 e. The molecule has 12 heteroatoms. The van der Waals surface area contributed by atoms with Gasteiger partial charge in [-0.15, -0.1) is 0 Å². The van der Waals surface area contributed by atoms with E-state index in [1.165, 1.54) is 18.3 Å². The third-order valence-corrected chi connectivity index (χ3v) is 5.09. The molecule has 1 aliphatic rings.